The maximum absolute atomic E-state index is 2.46. The molecule has 0 aromatic heterocycles. The zero-order valence-corrected chi connectivity index (χ0v) is 31.4. The van der Waals surface area contributed by atoms with Gasteiger partial charge in [0.05, 0.1) is 0 Å². The van der Waals surface area contributed by atoms with Gasteiger partial charge in [-0.05, 0) is 112 Å². The Bertz CT molecular complexity index is 2420. The highest BCUT2D eigenvalue weighted by Crippen LogP contribution is 2.55. The van der Waals surface area contributed by atoms with Crippen LogP contribution in [0.15, 0.2) is 199 Å². The molecule has 0 bridgehead atoms. The molecule has 3 aliphatic carbocycles. The molecule has 4 atom stereocenters. The number of fused-ring (bicyclic) bond motifs is 6. The number of anilines is 6. The molecule has 0 saturated heterocycles. The summed E-state index contributed by atoms with van der Waals surface area (Å²) in [6.07, 6.45) is 18.3. The number of rotatable bonds is 7. The van der Waals surface area contributed by atoms with Gasteiger partial charge in [0.1, 0.15) is 0 Å². The van der Waals surface area contributed by atoms with Crippen molar-refractivity contribution in [2.75, 3.05) is 9.80 Å². The van der Waals surface area contributed by atoms with E-state index in [4.69, 9.17) is 0 Å². The predicted octanol–water partition coefficient (Wildman–Crippen LogP) is 14.1. The lowest BCUT2D eigenvalue weighted by Crippen LogP contribution is -2.24. The molecule has 0 saturated carbocycles. The molecule has 0 spiro atoms. The van der Waals surface area contributed by atoms with Gasteiger partial charge >= 0.3 is 0 Å². The van der Waals surface area contributed by atoms with Crippen molar-refractivity contribution in [1.29, 1.82) is 0 Å². The fourth-order valence-corrected chi connectivity index (χ4v) is 10.7. The van der Waals surface area contributed by atoms with Crippen LogP contribution in [0.2, 0.25) is 0 Å². The molecule has 0 N–H and O–H groups in total. The smallest absolute Gasteiger partial charge is 0.0464 e. The van der Waals surface area contributed by atoms with Crippen molar-refractivity contribution in [3.8, 4) is 11.1 Å². The van der Waals surface area contributed by atoms with E-state index >= 15 is 0 Å². The second-order valence-corrected chi connectivity index (χ2v) is 16.5. The van der Waals surface area contributed by atoms with Gasteiger partial charge in [0.2, 0.25) is 0 Å². The van der Waals surface area contributed by atoms with Crippen LogP contribution < -0.4 is 9.80 Å². The SMILES string of the molecule is CC1(C)c2cc(N(c3ccc(-c4cccc5c4SC4C=CC=CC54)cc3)c3ccc(N(c4ccccc4)c4ccccc4)cc3)ccc2C2C=CC=CC21. The summed E-state index contributed by atoms with van der Waals surface area (Å²) in [4.78, 5) is 6.17. The maximum Gasteiger partial charge on any atom is 0.0464 e. The Hall–Kier alpha value is -5.77. The summed E-state index contributed by atoms with van der Waals surface area (Å²) in [5.74, 6) is 1.33. The fourth-order valence-electron chi connectivity index (χ4n) is 9.19. The van der Waals surface area contributed by atoms with Gasteiger partial charge in [-0.2, -0.15) is 0 Å². The van der Waals surface area contributed by atoms with Gasteiger partial charge in [-0.3, -0.25) is 0 Å². The third kappa shape index (κ3) is 5.49. The molecule has 1 heterocycles. The summed E-state index contributed by atoms with van der Waals surface area (Å²) in [7, 11) is 0. The predicted molar refractivity (Wildman–Crippen MR) is 229 cm³/mol. The van der Waals surface area contributed by atoms with Crippen molar-refractivity contribution in [3.63, 3.8) is 0 Å². The second kappa shape index (κ2) is 13.3. The van der Waals surface area contributed by atoms with Crippen molar-refractivity contribution >= 4 is 45.9 Å². The summed E-state index contributed by atoms with van der Waals surface area (Å²) >= 11 is 2.00. The minimum absolute atomic E-state index is 0.0232. The summed E-state index contributed by atoms with van der Waals surface area (Å²) in [6, 6.07) is 53.5. The molecule has 0 amide bonds. The molecule has 1 aliphatic heterocycles. The largest absolute Gasteiger partial charge is 0.311 e. The molecular formula is C51H42N2S. The van der Waals surface area contributed by atoms with Crippen LogP contribution in [-0.2, 0) is 5.41 Å². The van der Waals surface area contributed by atoms with Crippen molar-refractivity contribution in [2.24, 2.45) is 5.92 Å². The zero-order valence-electron chi connectivity index (χ0n) is 30.6. The van der Waals surface area contributed by atoms with Gasteiger partial charge in [-0.15, -0.1) is 11.8 Å². The standard InChI is InChI=1S/C51H42N2S/c1-51(2)47-22-11-9-18-43(47)44-33-32-41(34-48(44)51)53(40-30-28-39(29-31-40)52(36-14-5-3-6-15-36)37-16-7-4-8-17-37)38-26-24-35(25-27-38)42-20-13-21-46-45-19-10-12-23-49(45)54-50(42)46/h3-34,43,45,47,49H,1-2H3. The van der Waals surface area contributed by atoms with Gasteiger partial charge in [0.15, 0.2) is 0 Å². The van der Waals surface area contributed by atoms with Gasteiger partial charge in [-0.1, -0.05) is 135 Å². The first-order valence-electron chi connectivity index (χ1n) is 19.1. The molecule has 6 aromatic carbocycles. The van der Waals surface area contributed by atoms with Crippen LogP contribution in [0.3, 0.4) is 0 Å². The average molecular weight is 715 g/mol. The number of hydrogen-bond donors (Lipinski definition) is 0. The van der Waals surface area contributed by atoms with Crippen molar-refractivity contribution in [1.82, 2.24) is 0 Å². The quantitative estimate of drug-likeness (QED) is 0.163. The molecular weight excluding hydrogens is 673 g/mol. The lowest BCUT2D eigenvalue weighted by Gasteiger charge is -2.31. The van der Waals surface area contributed by atoms with Gasteiger partial charge < -0.3 is 9.80 Å². The van der Waals surface area contributed by atoms with Crippen LogP contribution in [0.5, 0.6) is 0 Å². The Kier molecular flexibility index (Phi) is 8.07. The first-order valence-corrected chi connectivity index (χ1v) is 20.0. The summed E-state index contributed by atoms with van der Waals surface area (Å²) in [6.45, 7) is 4.83. The Morgan fingerprint density at radius 2 is 1.00 bits per heavy atom. The van der Waals surface area contributed by atoms with Crippen LogP contribution in [0.1, 0.15) is 42.4 Å². The molecule has 0 radical (unpaired) electrons. The van der Waals surface area contributed by atoms with E-state index < -0.39 is 0 Å². The number of benzene rings is 6. The van der Waals surface area contributed by atoms with Crippen molar-refractivity contribution < 1.29 is 0 Å². The highest BCUT2D eigenvalue weighted by atomic mass is 32.2. The number of nitrogens with zero attached hydrogens (tertiary/aromatic N) is 2. The number of thioether (sulfide) groups is 1. The zero-order chi connectivity index (χ0) is 36.2. The molecule has 2 nitrogen and oxygen atoms in total. The van der Waals surface area contributed by atoms with Gasteiger partial charge in [0.25, 0.3) is 0 Å². The van der Waals surface area contributed by atoms with Crippen LogP contribution in [-0.4, -0.2) is 5.25 Å². The maximum atomic E-state index is 2.46. The average Bonchev–Trinajstić information content (AvgIpc) is 3.72. The molecule has 4 aliphatic rings. The first-order chi connectivity index (χ1) is 26.5. The molecule has 10 rings (SSSR count). The van der Waals surface area contributed by atoms with E-state index in [0.717, 1.165) is 28.4 Å². The number of para-hydroxylation sites is 2. The molecule has 262 valence electrons. The van der Waals surface area contributed by atoms with Crippen LogP contribution >= 0.6 is 11.8 Å². The number of allylic oxidation sites excluding steroid dienone is 7. The minimum Gasteiger partial charge on any atom is -0.311 e. The monoisotopic (exact) mass is 714 g/mol. The lowest BCUT2D eigenvalue weighted by molar-refractivity contribution is 0.394. The fraction of sp³-hybridized carbons (Fsp3) is 0.137. The summed E-state index contributed by atoms with van der Waals surface area (Å²) < 4.78 is 0. The van der Waals surface area contributed by atoms with E-state index in [1.54, 1.807) is 0 Å². The van der Waals surface area contributed by atoms with Gasteiger partial charge in [0, 0.05) is 56.1 Å². The third-order valence-electron chi connectivity index (χ3n) is 11.9. The minimum atomic E-state index is 0.0232. The van der Waals surface area contributed by atoms with E-state index in [1.165, 1.54) is 38.4 Å². The highest BCUT2D eigenvalue weighted by Gasteiger charge is 2.44. The van der Waals surface area contributed by atoms with Crippen LogP contribution in [0.4, 0.5) is 34.1 Å². The van der Waals surface area contributed by atoms with Crippen molar-refractivity contribution in [2.45, 2.75) is 41.2 Å². The Morgan fingerprint density at radius 1 is 0.463 bits per heavy atom. The van der Waals surface area contributed by atoms with E-state index in [0.29, 0.717) is 23.0 Å². The molecule has 0 fully saturated rings. The third-order valence-corrected chi connectivity index (χ3v) is 13.3. The van der Waals surface area contributed by atoms with Crippen LogP contribution in [0, 0.1) is 5.92 Å². The Morgan fingerprint density at radius 3 is 1.67 bits per heavy atom. The second-order valence-electron chi connectivity index (χ2n) is 15.3. The van der Waals surface area contributed by atoms with E-state index in [-0.39, 0.29) is 5.41 Å². The lowest BCUT2D eigenvalue weighted by atomic mass is 9.74. The highest BCUT2D eigenvalue weighted by molar-refractivity contribution is 8.00. The molecule has 4 unspecified atom stereocenters. The molecule has 3 heteroatoms. The Balaban J connectivity index is 1.06. The van der Waals surface area contributed by atoms with Crippen LogP contribution in [0.25, 0.3) is 11.1 Å². The first kappa shape index (κ1) is 32.8. The van der Waals surface area contributed by atoms with Crippen molar-refractivity contribution in [3.05, 3.63) is 211 Å². The molecule has 54 heavy (non-hydrogen) atoms. The van der Waals surface area contributed by atoms with Gasteiger partial charge in [-0.25, -0.2) is 0 Å². The topological polar surface area (TPSA) is 6.48 Å². The normalized spacial score (nSPS) is 20.9. The summed E-state index contributed by atoms with van der Waals surface area (Å²) in [5, 5.41) is 0.475. The van der Waals surface area contributed by atoms with E-state index in [2.05, 4.69) is 218 Å². The Labute approximate surface area is 323 Å². The number of hydrogen-bond acceptors (Lipinski definition) is 3. The summed E-state index contributed by atoms with van der Waals surface area (Å²) in [5.41, 5.74) is 13.7. The molecule has 6 aromatic rings. The van der Waals surface area contributed by atoms with E-state index in [9.17, 15) is 0 Å². The van der Waals surface area contributed by atoms with E-state index in [1.807, 2.05) is 11.8 Å².